The van der Waals surface area contributed by atoms with Crippen LogP contribution in [0.25, 0.3) is 11.3 Å². The van der Waals surface area contributed by atoms with Crippen molar-refractivity contribution in [1.29, 1.82) is 0 Å². The molecule has 114 valence electrons. The van der Waals surface area contributed by atoms with E-state index >= 15 is 0 Å². The van der Waals surface area contributed by atoms with E-state index in [1.54, 1.807) is 12.1 Å². The molecule has 3 heterocycles. The molecule has 2 aliphatic heterocycles. The van der Waals surface area contributed by atoms with Gasteiger partial charge in [-0.15, -0.1) is 10.2 Å². The van der Waals surface area contributed by atoms with Gasteiger partial charge in [-0.3, -0.25) is 0 Å². The van der Waals surface area contributed by atoms with Crippen LogP contribution in [0, 0.1) is 0 Å². The molecule has 2 aliphatic rings. The van der Waals surface area contributed by atoms with Crippen LogP contribution in [0.2, 0.25) is 0 Å². The Morgan fingerprint density at radius 1 is 1.09 bits per heavy atom. The van der Waals surface area contributed by atoms with Gasteiger partial charge in [-0.05, 0) is 44.1 Å². The van der Waals surface area contributed by atoms with Crippen LogP contribution < -0.4 is 16.0 Å². The molecule has 0 saturated carbocycles. The summed E-state index contributed by atoms with van der Waals surface area (Å²) in [6.45, 7) is 2.91. The minimum Gasteiger partial charge on any atom is -0.507 e. The van der Waals surface area contributed by atoms with E-state index in [9.17, 15) is 5.11 Å². The summed E-state index contributed by atoms with van der Waals surface area (Å²) in [4.78, 5) is 0. The van der Waals surface area contributed by atoms with Crippen LogP contribution >= 0.6 is 0 Å². The Balaban J connectivity index is 1.69. The molecule has 0 radical (unpaired) electrons. The second-order valence-electron chi connectivity index (χ2n) is 6.02. The zero-order valence-corrected chi connectivity index (χ0v) is 12.3. The van der Waals surface area contributed by atoms with E-state index in [1.807, 2.05) is 18.2 Å². The largest absolute Gasteiger partial charge is 0.507 e. The Labute approximate surface area is 129 Å². The number of anilines is 2. The molecule has 1 aromatic carbocycles. The predicted octanol–water partition coefficient (Wildman–Crippen LogP) is 1.81. The lowest BCUT2D eigenvalue weighted by atomic mass is 9.86. The summed E-state index contributed by atoms with van der Waals surface area (Å²) in [5, 5.41) is 28.9. The van der Waals surface area contributed by atoms with Crippen LogP contribution in [0.15, 0.2) is 30.3 Å². The Bertz CT molecular complexity index is 697. The summed E-state index contributed by atoms with van der Waals surface area (Å²) in [6.07, 6.45) is 2.15. The highest BCUT2D eigenvalue weighted by Gasteiger charge is 2.35. The lowest BCUT2D eigenvalue weighted by Gasteiger charge is -2.42. The van der Waals surface area contributed by atoms with Gasteiger partial charge in [0.15, 0.2) is 5.82 Å². The smallest absolute Gasteiger partial charge is 0.172 e. The second kappa shape index (κ2) is 5.14. The van der Waals surface area contributed by atoms with Crippen molar-refractivity contribution in [2.24, 2.45) is 0 Å². The van der Waals surface area contributed by atoms with E-state index < -0.39 is 0 Å². The molecule has 1 aromatic heterocycles. The number of nitrogens with one attached hydrogen (secondary N) is 3. The number of phenolic OH excluding ortho intramolecular Hbond substituents is 1. The third-order valence-electron chi connectivity index (χ3n) is 4.53. The first-order valence-electron chi connectivity index (χ1n) is 7.65. The van der Waals surface area contributed by atoms with E-state index in [0.717, 1.165) is 44.0 Å². The van der Waals surface area contributed by atoms with Gasteiger partial charge < -0.3 is 21.1 Å². The van der Waals surface area contributed by atoms with Gasteiger partial charge in [0.05, 0.1) is 16.9 Å². The van der Waals surface area contributed by atoms with Crippen molar-refractivity contribution in [2.45, 2.75) is 18.4 Å². The number of nitrogens with zero attached hydrogens (tertiary/aromatic N) is 2. The van der Waals surface area contributed by atoms with Crippen molar-refractivity contribution in [3.8, 4) is 17.0 Å². The van der Waals surface area contributed by atoms with Crippen LogP contribution in [0.4, 0.5) is 11.5 Å². The number of fused-ring (bicyclic) bond motifs is 1. The number of rotatable bonds is 1. The molecule has 1 fully saturated rings. The highest BCUT2D eigenvalue weighted by atomic mass is 16.3. The zero-order valence-electron chi connectivity index (χ0n) is 12.3. The molecule has 4 rings (SSSR count). The van der Waals surface area contributed by atoms with Crippen molar-refractivity contribution >= 4 is 11.5 Å². The van der Waals surface area contributed by atoms with Gasteiger partial charge in [0.1, 0.15) is 5.75 Å². The summed E-state index contributed by atoms with van der Waals surface area (Å²) in [7, 11) is 0. The average Bonchev–Trinajstić information content (AvgIpc) is 2.55. The third-order valence-corrected chi connectivity index (χ3v) is 4.53. The monoisotopic (exact) mass is 297 g/mol. The Morgan fingerprint density at radius 3 is 2.73 bits per heavy atom. The van der Waals surface area contributed by atoms with Gasteiger partial charge in [-0.1, -0.05) is 12.1 Å². The van der Waals surface area contributed by atoms with Crippen LogP contribution in [0.1, 0.15) is 12.8 Å². The fourth-order valence-corrected chi connectivity index (χ4v) is 3.23. The number of aromatic nitrogens is 2. The topological polar surface area (TPSA) is 82.1 Å². The van der Waals surface area contributed by atoms with Crippen molar-refractivity contribution in [3.05, 3.63) is 30.3 Å². The highest BCUT2D eigenvalue weighted by molar-refractivity contribution is 5.76. The molecule has 2 aromatic rings. The molecular weight excluding hydrogens is 278 g/mol. The SMILES string of the molecule is Oc1ccccc1-c1cc2c(nn1)NCC1(CCNCC1)N2. The summed E-state index contributed by atoms with van der Waals surface area (Å²) in [6, 6.07) is 9.16. The first-order valence-corrected chi connectivity index (χ1v) is 7.65. The fourth-order valence-electron chi connectivity index (χ4n) is 3.23. The first kappa shape index (κ1) is 13.3. The number of phenols is 1. The fraction of sp³-hybridized carbons (Fsp3) is 0.375. The van der Waals surface area contributed by atoms with Crippen molar-refractivity contribution < 1.29 is 5.11 Å². The lowest BCUT2D eigenvalue weighted by molar-refractivity contribution is 0.349. The second-order valence-corrected chi connectivity index (χ2v) is 6.02. The Morgan fingerprint density at radius 2 is 1.91 bits per heavy atom. The van der Waals surface area contributed by atoms with E-state index in [1.165, 1.54) is 0 Å². The minimum absolute atomic E-state index is 0.0806. The average molecular weight is 297 g/mol. The summed E-state index contributed by atoms with van der Waals surface area (Å²) >= 11 is 0. The van der Waals surface area contributed by atoms with Gasteiger partial charge in [0.2, 0.25) is 0 Å². The number of aromatic hydroxyl groups is 1. The number of benzene rings is 1. The molecule has 0 unspecified atom stereocenters. The molecule has 0 amide bonds. The molecular formula is C16H19N5O. The number of para-hydroxylation sites is 1. The number of piperidine rings is 1. The molecule has 1 saturated heterocycles. The van der Waals surface area contributed by atoms with E-state index in [4.69, 9.17) is 0 Å². The van der Waals surface area contributed by atoms with Crippen LogP contribution in [-0.2, 0) is 0 Å². The molecule has 6 heteroatoms. The maximum Gasteiger partial charge on any atom is 0.172 e. The summed E-state index contributed by atoms with van der Waals surface area (Å²) in [5.41, 5.74) is 2.42. The van der Waals surface area contributed by atoms with Crippen molar-refractivity contribution in [3.63, 3.8) is 0 Å². The van der Waals surface area contributed by atoms with Crippen molar-refractivity contribution in [2.75, 3.05) is 30.3 Å². The maximum absolute atomic E-state index is 10.00. The predicted molar refractivity (Wildman–Crippen MR) is 86.1 cm³/mol. The highest BCUT2D eigenvalue weighted by Crippen LogP contribution is 2.36. The van der Waals surface area contributed by atoms with E-state index in [-0.39, 0.29) is 11.3 Å². The summed E-state index contributed by atoms with van der Waals surface area (Å²) in [5.74, 6) is 1.00. The first-order chi connectivity index (χ1) is 10.8. The molecule has 4 N–H and O–H groups in total. The van der Waals surface area contributed by atoms with Crippen LogP contribution in [0.5, 0.6) is 5.75 Å². The van der Waals surface area contributed by atoms with Gasteiger partial charge in [0, 0.05) is 12.1 Å². The Kier molecular flexibility index (Phi) is 3.11. The van der Waals surface area contributed by atoms with Gasteiger partial charge in [-0.2, -0.15) is 0 Å². The quantitative estimate of drug-likeness (QED) is 0.643. The van der Waals surface area contributed by atoms with Gasteiger partial charge in [-0.25, -0.2) is 0 Å². The number of hydrogen-bond donors (Lipinski definition) is 4. The normalized spacial score (nSPS) is 19.1. The van der Waals surface area contributed by atoms with E-state index in [2.05, 4.69) is 26.1 Å². The van der Waals surface area contributed by atoms with E-state index in [0.29, 0.717) is 11.3 Å². The molecule has 0 bridgehead atoms. The summed E-state index contributed by atoms with van der Waals surface area (Å²) < 4.78 is 0. The zero-order chi connectivity index (χ0) is 15.0. The molecule has 1 spiro atoms. The maximum atomic E-state index is 10.00. The third kappa shape index (κ3) is 2.25. The van der Waals surface area contributed by atoms with Crippen LogP contribution in [-0.4, -0.2) is 40.5 Å². The van der Waals surface area contributed by atoms with Crippen molar-refractivity contribution in [1.82, 2.24) is 15.5 Å². The van der Waals surface area contributed by atoms with Gasteiger partial charge in [0.25, 0.3) is 0 Å². The van der Waals surface area contributed by atoms with Crippen LogP contribution in [0.3, 0.4) is 0 Å². The molecule has 6 nitrogen and oxygen atoms in total. The molecule has 0 aliphatic carbocycles. The minimum atomic E-state index is 0.0806. The molecule has 22 heavy (non-hydrogen) atoms. The van der Waals surface area contributed by atoms with Gasteiger partial charge >= 0.3 is 0 Å². The lowest BCUT2D eigenvalue weighted by Crippen LogP contribution is -2.54. The standard InChI is InChI=1S/C16H19N5O/c22-14-4-2-1-3-11(14)12-9-13-15(21-20-12)18-10-16(19-13)5-7-17-8-6-16/h1-4,9,17,19,22H,5-8,10H2,(H,18,21). The Hall–Kier alpha value is -2.34. The molecule has 0 atom stereocenters. The number of hydrogen-bond acceptors (Lipinski definition) is 6.